The van der Waals surface area contributed by atoms with Crippen LogP contribution in [0.2, 0.25) is 0 Å². The Morgan fingerprint density at radius 2 is 1.72 bits per heavy atom. The highest BCUT2D eigenvalue weighted by molar-refractivity contribution is 9.08. The molecule has 1 N–H and O–H groups in total. The fourth-order valence-corrected chi connectivity index (χ4v) is 3.23. The van der Waals surface area contributed by atoms with E-state index in [1.54, 1.807) is 24.3 Å². The molecular formula is C18H11BrF3NO2. The molecule has 0 saturated carbocycles. The first kappa shape index (κ1) is 17.4. The first-order valence-electron chi connectivity index (χ1n) is 7.21. The predicted octanol–water partition coefficient (Wildman–Crippen LogP) is 5.51. The van der Waals surface area contributed by atoms with Gasteiger partial charge in [0.15, 0.2) is 0 Å². The standard InChI is InChI=1S/C18H11BrF3NO2/c19-9-13-15(17(24)25)12-3-1-2-4-14(12)23-16(13)10-5-7-11(8-6-10)18(20,21)22/h1-8H,9H2,(H,24,25). The van der Waals surface area contributed by atoms with Crippen molar-refractivity contribution in [1.29, 1.82) is 0 Å². The number of hydrogen-bond donors (Lipinski definition) is 1. The number of aromatic nitrogens is 1. The Morgan fingerprint density at radius 3 is 2.28 bits per heavy atom. The highest BCUT2D eigenvalue weighted by Crippen LogP contribution is 2.34. The van der Waals surface area contributed by atoms with E-state index in [4.69, 9.17) is 0 Å². The van der Waals surface area contributed by atoms with E-state index >= 15 is 0 Å². The lowest BCUT2D eigenvalue weighted by molar-refractivity contribution is -0.137. The van der Waals surface area contributed by atoms with Crippen molar-refractivity contribution in [2.45, 2.75) is 11.5 Å². The Kier molecular flexibility index (Phi) is 4.51. The second-order valence-corrected chi connectivity index (χ2v) is 5.91. The van der Waals surface area contributed by atoms with Crippen molar-refractivity contribution < 1.29 is 23.1 Å². The van der Waals surface area contributed by atoms with Gasteiger partial charge in [0, 0.05) is 21.8 Å². The molecule has 0 bridgehead atoms. The van der Waals surface area contributed by atoms with Gasteiger partial charge < -0.3 is 5.11 Å². The zero-order chi connectivity index (χ0) is 18.2. The summed E-state index contributed by atoms with van der Waals surface area (Å²) in [6, 6.07) is 11.3. The molecule has 0 aliphatic rings. The number of carboxylic acids is 1. The second-order valence-electron chi connectivity index (χ2n) is 5.35. The molecule has 0 atom stereocenters. The van der Waals surface area contributed by atoms with Gasteiger partial charge in [0.05, 0.1) is 22.3 Å². The Hall–Kier alpha value is -2.41. The smallest absolute Gasteiger partial charge is 0.416 e. The third-order valence-electron chi connectivity index (χ3n) is 3.83. The SMILES string of the molecule is O=C(O)c1c(CBr)c(-c2ccc(C(F)(F)F)cc2)nc2ccccc12. The van der Waals surface area contributed by atoms with E-state index < -0.39 is 17.7 Å². The lowest BCUT2D eigenvalue weighted by Gasteiger charge is -2.14. The average molecular weight is 410 g/mol. The molecule has 0 spiro atoms. The maximum Gasteiger partial charge on any atom is 0.416 e. The van der Waals surface area contributed by atoms with E-state index in [1.807, 2.05) is 0 Å². The van der Waals surface area contributed by atoms with E-state index in [1.165, 1.54) is 12.1 Å². The molecule has 0 radical (unpaired) electrons. The number of rotatable bonds is 3. The molecule has 0 fully saturated rings. The van der Waals surface area contributed by atoms with Gasteiger partial charge in [-0.1, -0.05) is 46.3 Å². The molecule has 0 amide bonds. The van der Waals surface area contributed by atoms with Gasteiger partial charge in [-0.3, -0.25) is 0 Å². The highest BCUT2D eigenvalue weighted by Gasteiger charge is 2.30. The molecule has 0 saturated heterocycles. The molecule has 0 unspecified atom stereocenters. The van der Waals surface area contributed by atoms with Crippen LogP contribution in [-0.2, 0) is 11.5 Å². The number of hydrogen-bond acceptors (Lipinski definition) is 2. The first-order valence-corrected chi connectivity index (χ1v) is 8.33. The maximum absolute atomic E-state index is 12.7. The van der Waals surface area contributed by atoms with Crippen LogP contribution >= 0.6 is 15.9 Å². The molecular weight excluding hydrogens is 399 g/mol. The number of halogens is 4. The van der Waals surface area contributed by atoms with Crippen molar-refractivity contribution in [3.8, 4) is 11.3 Å². The number of carboxylic acid groups (broad SMARTS) is 1. The van der Waals surface area contributed by atoms with Crippen LogP contribution in [0.5, 0.6) is 0 Å². The van der Waals surface area contributed by atoms with Gasteiger partial charge in [0.25, 0.3) is 0 Å². The van der Waals surface area contributed by atoms with Crippen molar-refractivity contribution in [3.63, 3.8) is 0 Å². The van der Waals surface area contributed by atoms with Crippen LogP contribution in [0.3, 0.4) is 0 Å². The number of pyridine rings is 1. The van der Waals surface area contributed by atoms with E-state index in [0.717, 1.165) is 12.1 Å². The van der Waals surface area contributed by atoms with E-state index in [0.29, 0.717) is 27.7 Å². The third-order valence-corrected chi connectivity index (χ3v) is 4.39. The number of nitrogens with zero attached hydrogens (tertiary/aromatic N) is 1. The lowest BCUT2D eigenvalue weighted by Crippen LogP contribution is -2.07. The van der Waals surface area contributed by atoms with Gasteiger partial charge in [-0.05, 0) is 18.2 Å². The van der Waals surface area contributed by atoms with Crippen LogP contribution < -0.4 is 0 Å². The molecule has 1 aromatic heterocycles. The van der Waals surface area contributed by atoms with E-state index in [2.05, 4.69) is 20.9 Å². The average Bonchev–Trinajstić information content (AvgIpc) is 2.59. The summed E-state index contributed by atoms with van der Waals surface area (Å²) in [5.41, 5.74) is 0.996. The molecule has 1 heterocycles. The summed E-state index contributed by atoms with van der Waals surface area (Å²) in [7, 11) is 0. The van der Waals surface area contributed by atoms with Crippen LogP contribution in [0.15, 0.2) is 48.5 Å². The summed E-state index contributed by atoms with van der Waals surface area (Å²) in [5.74, 6) is -1.11. The monoisotopic (exact) mass is 409 g/mol. The van der Waals surface area contributed by atoms with Gasteiger partial charge in [-0.25, -0.2) is 9.78 Å². The zero-order valence-corrected chi connectivity index (χ0v) is 14.2. The van der Waals surface area contributed by atoms with Gasteiger partial charge >= 0.3 is 12.1 Å². The van der Waals surface area contributed by atoms with E-state index in [-0.39, 0.29) is 10.9 Å². The van der Waals surface area contributed by atoms with Crippen LogP contribution in [0, 0.1) is 0 Å². The van der Waals surface area contributed by atoms with Gasteiger partial charge in [0.2, 0.25) is 0 Å². The molecule has 3 rings (SSSR count). The normalized spacial score (nSPS) is 11.7. The summed E-state index contributed by atoms with van der Waals surface area (Å²) in [5, 5.41) is 10.3. The van der Waals surface area contributed by atoms with Gasteiger partial charge in [0.1, 0.15) is 0 Å². The number of fused-ring (bicyclic) bond motifs is 1. The minimum atomic E-state index is -4.43. The van der Waals surface area contributed by atoms with Gasteiger partial charge in [-0.15, -0.1) is 0 Å². The van der Waals surface area contributed by atoms with Crippen LogP contribution in [-0.4, -0.2) is 16.1 Å². The maximum atomic E-state index is 12.7. The van der Waals surface area contributed by atoms with Crippen LogP contribution in [0.25, 0.3) is 22.2 Å². The van der Waals surface area contributed by atoms with E-state index in [9.17, 15) is 23.1 Å². The molecule has 2 aromatic carbocycles. The van der Waals surface area contributed by atoms with Crippen molar-refractivity contribution in [3.05, 3.63) is 65.2 Å². The number of aromatic carboxylic acids is 1. The highest BCUT2D eigenvalue weighted by atomic mass is 79.9. The lowest BCUT2D eigenvalue weighted by atomic mass is 9.97. The summed E-state index contributed by atoms with van der Waals surface area (Å²) >= 11 is 3.27. The minimum absolute atomic E-state index is 0.0948. The Bertz CT molecular complexity index is 953. The fraction of sp³-hybridized carbons (Fsp3) is 0.111. The predicted molar refractivity (Wildman–Crippen MR) is 91.8 cm³/mol. The second kappa shape index (κ2) is 6.48. The zero-order valence-electron chi connectivity index (χ0n) is 12.6. The van der Waals surface area contributed by atoms with Crippen molar-refractivity contribution in [2.75, 3.05) is 0 Å². The van der Waals surface area contributed by atoms with Crippen LogP contribution in [0.1, 0.15) is 21.5 Å². The minimum Gasteiger partial charge on any atom is -0.478 e. The largest absolute Gasteiger partial charge is 0.478 e. The number of benzene rings is 2. The molecule has 25 heavy (non-hydrogen) atoms. The first-order chi connectivity index (χ1) is 11.8. The molecule has 3 nitrogen and oxygen atoms in total. The number of alkyl halides is 4. The topological polar surface area (TPSA) is 50.2 Å². The summed E-state index contributed by atoms with van der Waals surface area (Å²) in [4.78, 5) is 16.2. The van der Waals surface area contributed by atoms with Crippen molar-refractivity contribution in [1.82, 2.24) is 4.98 Å². The molecule has 3 aromatic rings. The quantitative estimate of drug-likeness (QED) is 0.579. The van der Waals surface area contributed by atoms with Crippen molar-refractivity contribution >= 4 is 32.8 Å². The fourth-order valence-electron chi connectivity index (χ4n) is 2.68. The Balaban J connectivity index is 2.27. The Labute approximate surface area is 149 Å². The summed E-state index contributed by atoms with van der Waals surface area (Å²) in [6.07, 6.45) is -4.43. The van der Waals surface area contributed by atoms with Gasteiger partial charge in [-0.2, -0.15) is 13.2 Å². The van der Waals surface area contributed by atoms with Crippen molar-refractivity contribution in [2.24, 2.45) is 0 Å². The summed E-state index contributed by atoms with van der Waals surface area (Å²) in [6.45, 7) is 0. The number of carbonyl (C=O) groups is 1. The molecule has 7 heteroatoms. The third kappa shape index (κ3) is 3.24. The Morgan fingerprint density at radius 1 is 1.08 bits per heavy atom. The summed E-state index contributed by atoms with van der Waals surface area (Å²) < 4.78 is 38.2. The molecule has 128 valence electrons. The molecule has 0 aliphatic heterocycles. The molecule has 0 aliphatic carbocycles. The number of para-hydroxylation sites is 1. The van der Waals surface area contributed by atoms with Crippen LogP contribution in [0.4, 0.5) is 13.2 Å².